The van der Waals surface area contributed by atoms with E-state index in [4.69, 9.17) is 4.74 Å². The quantitative estimate of drug-likeness (QED) is 0.545. The fraction of sp³-hybridized carbons (Fsp3) is 0.688. The van der Waals surface area contributed by atoms with Crippen LogP contribution in [0.5, 0.6) is 0 Å². The molecule has 1 saturated carbocycles. The Kier molecular flexibility index (Phi) is 3.49. The first-order valence-electron chi connectivity index (χ1n) is 7.04. The molecule has 108 valence electrons. The van der Waals surface area contributed by atoms with Crippen molar-refractivity contribution in [2.24, 2.45) is 16.7 Å². The molecule has 0 spiro atoms. The van der Waals surface area contributed by atoms with Gasteiger partial charge in [-0.05, 0) is 26.3 Å². The molecule has 1 unspecified atom stereocenters. The van der Waals surface area contributed by atoms with Crippen LogP contribution in [0.25, 0.3) is 0 Å². The largest absolute Gasteiger partial charge is 0.458 e. The Morgan fingerprint density at radius 1 is 1.45 bits per heavy atom. The lowest BCUT2D eigenvalue weighted by atomic mass is 9.53. The summed E-state index contributed by atoms with van der Waals surface area (Å²) in [4.78, 5) is 23.4. The molecular formula is C16H21NO3. The molecule has 0 aromatic rings. The van der Waals surface area contributed by atoms with Gasteiger partial charge in [0.1, 0.15) is 11.9 Å². The summed E-state index contributed by atoms with van der Waals surface area (Å²) in [6, 6.07) is 2.36. The molecule has 2 aliphatic carbocycles. The third-order valence-electron chi connectivity index (χ3n) is 4.92. The summed E-state index contributed by atoms with van der Waals surface area (Å²) in [6.45, 7) is 7.24. The predicted octanol–water partition coefficient (Wildman–Crippen LogP) is 2.78. The molecule has 0 aromatic carbocycles. The number of nitrogens with zero attached hydrogens (tertiary/aromatic N) is 1. The Balaban J connectivity index is 2.49. The second kappa shape index (κ2) is 4.73. The van der Waals surface area contributed by atoms with E-state index in [9.17, 15) is 14.9 Å². The van der Waals surface area contributed by atoms with Crippen LogP contribution in [0.4, 0.5) is 0 Å². The molecule has 4 nitrogen and oxygen atoms in total. The van der Waals surface area contributed by atoms with Gasteiger partial charge in [0.15, 0.2) is 0 Å². The van der Waals surface area contributed by atoms with E-state index in [1.807, 2.05) is 19.9 Å². The maximum atomic E-state index is 12.2. The van der Waals surface area contributed by atoms with Gasteiger partial charge in [-0.25, -0.2) is 0 Å². The van der Waals surface area contributed by atoms with Gasteiger partial charge in [-0.1, -0.05) is 12.5 Å². The SMILES string of the molecule is CC(=O)OC1C=C2C(C)(C)C(=O)CC[C@]2(C)[C@@H](C#N)C1. The molecule has 0 aliphatic heterocycles. The number of ketones is 1. The van der Waals surface area contributed by atoms with Gasteiger partial charge in [0.05, 0.1) is 12.0 Å². The summed E-state index contributed by atoms with van der Waals surface area (Å²) in [5, 5.41) is 9.48. The van der Waals surface area contributed by atoms with Gasteiger partial charge < -0.3 is 4.74 Å². The zero-order valence-corrected chi connectivity index (χ0v) is 12.5. The van der Waals surface area contributed by atoms with Crippen LogP contribution >= 0.6 is 0 Å². The van der Waals surface area contributed by atoms with Crippen molar-refractivity contribution in [3.8, 4) is 6.07 Å². The van der Waals surface area contributed by atoms with E-state index in [1.165, 1.54) is 6.92 Å². The highest BCUT2D eigenvalue weighted by molar-refractivity contribution is 5.89. The first-order chi connectivity index (χ1) is 9.21. The summed E-state index contributed by atoms with van der Waals surface area (Å²) in [5.74, 6) is -0.382. The fourth-order valence-electron chi connectivity index (χ4n) is 3.68. The van der Waals surface area contributed by atoms with Crippen LogP contribution in [0.1, 0.15) is 47.0 Å². The number of rotatable bonds is 1. The van der Waals surface area contributed by atoms with E-state index in [0.717, 1.165) is 5.57 Å². The van der Waals surface area contributed by atoms with Crippen LogP contribution < -0.4 is 0 Å². The van der Waals surface area contributed by atoms with Gasteiger partial charge in [0.25, 0.3) is 0 Å². The molecule has 0 bridgehead atoms. The number of nitriles is 1. The minimum atomic E-state index is -0.582. The van der Waals surface area contributed by atoms with E-state index in [2.05, 4.69) is 13.0 Å². The Hall–Kier alpha value is -1.63. The van der Waals surface area contributed by atoms with Crippen LogP contribution in [-0.4, -0.2) is 17.9 Å². The highest BCUT2D eigenvalue weighted by Gasteiger charge is 2.53. The zero-order valence-electron chi connectivity index (χ0n) is 12.5. The second-order valence-electron chi connectivity index (χ2n) is 6.61. The Labute approximate surface area is 119 Å². The molecule has 1 fully saturated rings. The van der Waals surface area contributed by atoms with Gasteiger partial charge in [0, 0.05) is 30.6 Å². The number of hydrogen-bond donors (Lipinski definition) is 0. The highest BCUT2D eigenvalue weighted by Crippen LogP contribution is 2.56. The average molecular weight is 275 g/mol. The monoisotopic (exact) mass is 275 g/mol. The van der Waals surface area contributed by atoms with Crippen molar-refractivity contribution >= 4 is 11.8 Å². The first-order valence-corrected chi connectivity index (χ1v) is 7.04. The number of carbonyl (C=O) groups is 2. The molecule has 3 atom stereocenters. The molecule has 4 heteroatoms. The van der Waals surface area contributed by atoms with Crippen LogP contribution in [0.3, 0.4) is 0 Å². The minimum Gasteiger partial charge on any atom is -0.458 e. The molecule has 0 aromatic heterocycles. The second-order valence-corrected chi connectivity index (χ2v) is 6.61. The molecule has 0 radical (unpaired) electrons. The average Bonchev–Trinajstić information content (AvgIpc) is 2.35. The predicted molar refractivity (Wildman–Crippen MR) is 73.5 cm³/mol. The van der Waals surface area contributed by atoms with Crippen LogP contribution in [0, 0.1) is 28.1 Å². The highest BCUT2D eigenvalue weighted by atomic mass is 16.5. The summed E-state index contributed by atoms with van der Waals surface area (Å²) in [7, 11) is 0. The summed E-state index contributed by atoms with van der Waals surface area (Å²) < 4.78 is 5.27. The Morgan fingerprint density at radius 3 is 2.65 bits per heavy atom. The van der Waals surface area contributed by atoms with Crippen molar-refractivity contribution in [1.29, 1.82) is 5.26 Å². The van der Waals surface area contributed by atoms with Crippen molar-refractivity contribution in [3.63, 3.8) is 0 Å². The molecule has 2 aliphatic rings. The summed E-state index contributed by atoms with van der Waals surface area (Å²) in [6.07, 6.45) is 3.24. The molecule has 20 heavy (non-hydrogen) atoms. The van der Waals surface area contributed by atoms with Gasteiger partial charge in [-0.2, -0.15) is 5.26 Å². The molecular weight excluding hydrogens is 254 g/mol. The van der Waals surface area contributed by atoms with E-state index < -0.39 is 11.5 Å². The van der Waals surface area contributed by atoms with E-state index in [0.29, 0.717) is 19.3 Å². The fourth-order valence-corrected chi connectivity index (χ4v) is 3.68. The molecule has 0 N–H and O–H groups in total. The van der Waals surface area contributed by atoms with E-state index >= 15 is 0 Å². The van der Waals surface area contributed by atoms with Crippen LogP contribution in [0.15, 0.2) is 11.6 Å². The number of fused-ring (bicyclic) bond motifs is 1. The van der Waals surface area contributed by atoms with Gasteiger partial charge in [-0.15, -0.1) is 0 Å². The third-order valence-corrected chi connectivity index (χ3v) is 4.92. The number of carbonyl (C=O) groups excluding carboxylic acids is 2. The number of esters is 1. The Morgan fingerprint density at radius 2 is 2.10 bits per heavy atom. The number of allylic oxidation sites excluding steroid dienone is 1. The Bertz CT molecular complexity index is 526. The molecule has 2 rings (SSSR count). The van der Waals surface area contributed by atoms with Gasteiger partial charge in [-0.3, -0.25) is 9.59 Å². The topological polar surface area (TPSA) is 67.2 Å². The number of hydrogen-bond acceptors (Lipinski definition) is 4. The number of Topliss-reactive ketones (excluding diaryl/α,β-unsaturated/α-hetero) is 1. The summed E-state index contributed by atoms with van der Waals surface area (Å²) in [5.41, 5.74) is 0.0919. The maximum Gasteiger partial charge on any atom is 0.303 e. The molecule has 0 amide bonds. The van der Waals surface area contributed by atoms with Gasteiger partial charge in [0.2, 0.25) is 0 Å². The lowest BCUT2D eigenvalue weighted by Crippen LogP contribution is -2.48. The van der Waals surface area contributed by atoms with Gasteiger partial charge >= 0.3 is 5.97 Å². The van der Waals surface area contributed by atoms with Crippen molar-refractivity contribution in [2.45, 2.75) is 53.1 Å². The standard InChI is InChI=1S/C16H21NO3/c1-10(18)20-12-7-11(9-17)16(4)6-5-14(19)15(2,3)13(16)8-12/h8,11-12H,5-7H2,1-4H3/t11-,12?,16-/m1/s1. The molecule has 0 heterocycles. The smallest absolute Gasteiger partial charge is 0.303 e. The minimum absolute atomic E-state index is 0.196. The van der Waals surface area contributed by atoms with Crippen molar-refractivity contribution < 1.29 is 14.3 Å². The lowest BCUT2D eigenvalue weighted by molar-refractivity contribution is -0.145. The van der Waals surface area contributed by atoms with Crippen LogP contribution in [0.2, 0.25) is 0 Å². The lowest BCUT2D eigenvalue weighted by Gasteiger charge is -2.50. The van der Waals surface area contributed by atoms with Crippen molar-refractivity contribution in [3.05, 3.63) is 11.6 Å². The van der Waals surface area contributed by atoms with Crippen LogP contribution in [-0.2, 0) is 14.3 Å². The third kappa shape index (κ3) is 2.15. The number of ether oxygens (including phenoxy) is 1. The normalized spacial score (nSPS) is 35.5. The van der Waals surface area contributed by atoms with E-state index in [1.54, 1.807) is 0 Å². The van der Waals surface area contributed by atoms with Crippen molar-refractivity contribution in [1.82, 2.24) is 0 Å². The first kappa shape index (κ1) is 14.8. The molecule has 0 saturated heterocycles. The van der Waals surface area contributed by atoms with Crippen molar-refractivity contribution in [2.75, 3.05) is 0 Å². The zero-order chi connectivity index (χ0) is 15.1. The van der Waals surface area contributed by atoms with E-state index in [-0.39, 0.29) is 23.1 Å². The summed E-state index contributed by atoms with van der Waals surface area (Å²) >= 11 is 0. The maximum absolute atomic E-state index is 12.2.